The summed E-state index contributed by atoms with van der Waals surface area (Å²) >= 11 is 8.81. The number of benzene rings is 2. The highest BCUT2D eigenvalue weighted by atomic mass is 35.5. The van der Waals surface area contributed by atoms with Crippen molar-refractivity contribution in [2.45, 2.75) is 37.1 Å². The van der Waals surface area contributed by atoms with E-state index in [1.807, 2.05) is 6.07 Å². The highest BCUT2D eigenvalue weighted by molar-refractivity contribution is 8.04. The first-order valence-electron chi connectivity index (χ1n) is 10.8. The Morgan fingerprint density at radius 3 is 2.48 bits per heavy atom. The van der Waals surface area contributed by atoms with E-state index in [2.05, 4.69) is 64.2 Å². The maximum atomic E-state index is 9.23. The van der Waals surface area contributed by atoms with Crippen molar-refractivity contribution in [1.82, 2.24) is 0 Å². The Balaban J connectivity index is 1.75. The smallest absolute Gasteiger partial charge is 0.213 e. The summed E-state index contributed by atoms with van der Waals surface area (Å²) in [5, 5.41) is 21.3. The Labute approximate surface area is 192 Å². The van der Waals surface area contributed by atoms with Gasteiger partial charge in [0.05, 0.1) is 21.1 Å². The van der Waals surface area contributed by atoms with Crippen molar-refractivity contribution in [2.75, 3.05) is 24.7 Å². The third kappa shape index (κ3) is 4.75. The second kappa shape index (κ2) is 10.5. The van der Waals surface area contributed by atoms with Crippen LogP contribution in [0.1, 0.15) is 31.2 Å². The van der Waals surface area contributed by atoms with Crippen LogP contribution in [0.4, 0.5) is 5.69 Å². The third-order valence-electron chi connectivity index (χ3n) is 5.55. The molecule has 3 aromatic rings. The quantitative estimate of drug-likeness (QED) is 0.346. The van der Waals surface area contributed by atoms with E-state index in [-0.39, 0.29) is 13.2 Å². The third-order valence-corrected chi connectivity index (χ3v) is 7.23. The molecule has 0 radical (unpaired) electrons. The van der Waals surface area contributed by atoms with Crippen LogP contribution < -0.4 is 9.47 Å². The Bertz CT molecular complexity index is 1090. The summed E-state index contributed by atoms with van der Waals surface area (Å²) in [4.78, 5) is 3.49. The summed E-state index contributed by atoms with van der Waals surface area (Å²) < 4.78 is 2.24. The molecular formula is C25H28ClN2O2S+. The van der Waals surface area contributed by atoms with Gasteiger partial charge in [-0.1, -0.05) is 47.6 Å². The van der Waals surface area contributed by atoms with E-state index in [9.17, 15) is 5.11 Å². The number of aliphatic hydroxyl groups is 2. The van der Waals surface area contributed by atoms with Crippen molar-refractivity contribution in [3.63, 3.8) is 0 Å². The topological polar surface area (TPSA) is 47.6 Å². The van der Waals surface area contributed by atoms with Gasteiger partial charge in [-0.3, -0.25) is 0 Å². The molecule has 0 fully saturated rings. The summed E-state index contributed by atoms with van der Waals surface area (Å²) in [6.07, 6.45) is 5.51. The highest BCUT2D eigenvalue weighted by Crippen LogP contribution is 2.50. The van der Waals surface area contributed by atoms with Crippen LogP contribution in [-0.4, -0.2) is 30.0 Å². The average molecular weight is 456 g/mol. The second-order valence-electron chi connectivity index (χ2n) is 7.64. The number of halogens is 1. The molecule has 2 N–H and O–H groups in total. The van der Waals surface area contributed by atoms with Crippen LogP contribution >= 0.6 is 23.4 Å². The van der Waals surface area contributed by atoms with E-state index in [1.165, 1.54) is 10.6 Å². The summed E-state index contributed by atoms with van der Waals surface area (Å²) in [7, 11) is 0. The molecule has 4 rings (SSSR count). The van der Waals surface area contributed by atoms with Crippen LogP contribution in [0.3, 0.4) is 0 Å². The molecule has 2 aromatic carbocycles. The van der Waals surface area contributed by atoms with Gasteiger partial charge in [0.15, 0.2) is 6.20 Å². The molecule has 2 heterocycles. The van der Waals surface area contributed by atoms with Crippen LogP contribution in [0.5, 0.6) is 0 Å². The van der Waals surface area contributed by atoms with Crippen LogP contribution in [0, 0.1) is 0 Å². The predicted octanol–water partition coefficient (Wildman–Crippen LogP) is 5.15. The largest absolute Gasteiger partial charge is 0.396 e. The SMILES string of the molecule is OCCCCN1/C(=C(/Cl)c2cc[n+](CCCCO)c3ccccc23)Sc2ccccc21. The Morgan fingerprint density at radius 2 is 1.65 bits per heavy atom. The van der Waals surface area contributed by atoms with Crippen LogP contribution in [0.2, 0.25) is 0 Å². The average Bonchev–Trinajstić information content (AvgIpc) is 3.18. The monoisotopic (exact) mass is 455 g/mol. The number of anilines is 1. The lowest BCUT2D eigenvalue weighted by Crippen LogP contribution is -2.34. The summed E-state index contributed by atoms with van der Waals surface area (Å²) in [5.41, 5.74) is 3.35. The van der Waals surface area contributed by atoms with Gasteiger partial charge in [-0.05, 0) is 37.5 Å². The number of hydrogen-bond acceptors (Lipinski definition) is 4. The number of nitrogens with zero attached hydrogens (tertiary/aromatic N) is 2. The number of rotatable bonds is 9. The van der Waals surface area contributed by atoms with E-state index in [0.717, 1.165) is 65.3 Å². The molecule has 31 heavy (non-hydrogen) atoms. The predicted molar refractivity (Wildman–Crippen MR) is 129 cm³/mol. The fourth-order valence-electron chi connectivity index (χ4n) is 3.98. The maximum absolute atomic E-state index is 9.23. The number of aliphatic hydroxyl groups excluding tert-OH is 2. The highest BCUT2D eigenvalue weighted by Gasteiger charge is 2.28. The number of fused-ring (bicyclic) bond motifs is 2. The number of aromatic nitrogens is 1. The Morgan fingerprint density at radius 1 is 0.903 bits per heavy atom. The molecule has 0 unspecified atom stereocenters. The van der Waals surface area contributed by atoms with Crippen molar-refractivity contribution in [3.05, 3.63) is 71.4 Å². The van der Waals surface area contributed by atoms with Crippen LogP contribution in [0.15, 0.2) is 70.7 Å². The minimum atomic E-state index is 0.203. The van der Waals surface area contributed by atoms with E-state index in [4.69, 9.17) is 16.7 Å². The van der Waals surface area contributed by atoms with Crippen molar-refractivity contribution in [3.8, 4) is 0 Å². The normalized spacial score (nSPS) is 14.9. The molecule has 0 saturated heterocycles. The van der Waals surface area contributed by atoms with Gasteiger partial charge in [0.25, 0.3) is 0 Å². The van der Waals surface area contributed by atoms with Crippen molar-refractivity contribution >= 4 is 45.0 Å². The molecule has 1 aromatic heterocycles. The number of thioether (sulfide) groups is 1. The zero-order chi connectivity index (χ0) is 21.6. The minimum Gasteiger partial charge on any atom is -0.396 e. The lowest BCUT2D eigenvalue weighted by atomic mass is 10.1. The van der Waals surface area contributed by atoms with Crippen LogP contribution in [-0.2, 0) is 6.54 Å². The van der Waals surface area contributed by atoms with Gasteiger partial charge in [-0.25, -0.2) is 0 Å². The molecule has 162 valence electrons. The van der Waals surface area contributed by atoms with Gasteiger partial charge in [0, 0.05) is 48.8 Å². The van der Waals surface area contributed by atoms with Gasteiger partial charge in [-0.2, -0.15) is 4.57 Å². The molecular weight excluding hydrogens is 428 g/mol. The van der Waals surface area contributed by atoms with Gasteiger partial charge < -0.3 is 15.1 Å². The van der Waals surface area contributed by atoms with Crippen molar-refractivity contribution in [1.29, 1.82) is 0 Å². The lowest BCUT2D eigenvalue weighted by molar-refractivity contribution is -0.671. The number of unbranched alkanes of at least 4 members (excludes halogenated alkanes) is 2. The van der Waals surface area contributed by atoms with E-state index >= 15 is 0 Å². The van der Waals surface area contributed by atoms with E-state index in [1.54, 1.807) is 11.8 Å². The molecule has 6 heteroatoms. The van der Waals surface area contributed by atoms with E-state index < -0.39 is 0 Å². The van der Waals surface area contributed by atoms with Gasteiger partial charge in [-0.15, -0.1) is 0 Å². The molecule has 0 bridgehead atoms. The number of hydrogen-bond donors (Lipinski definition) is 2. The molecule has 0 aliphatic carbocycles. The fraction of sp³-hybridized carbons (Fsp3) is 0.320. The molecule has 1 aliphatic rings. The van der Waals surface area contributed by atoms with Crippen molar-refractivity contribution < 1.29 is 14.8 Å². The lowest BCUT2D eigenvalue weighted by Gasteiger charge is -2.22. The molecule has 4 nitrogen and oxygen atoms in total. The summed E-state index contributed by atoms with van der Waals surface area (Å²) in [6.45, 7) is 2.11. The molecule has 1 aliphatic heterocycles. The zero-order valence-electron chi connectivity index (χ0n) is 17.5. The first kappa shape index (κ1) is 22.2. The minimum absolute atomic E-state index is 0.203. The number of aryl methyl sites for hydroxylation is 1. The second-order valence-corrected chi connectivity index (χ2v) is 9.05. The maximum Gasteiger partial charge on any atom is 0.213 e. The Kier molecular flexibility index (Phi) is 7.51. The fourth-order valence-corrected chi connectivity index (χ4v) is 5.50. The van der Waals surface area contributed by atoms with Gasteiger partial charge in [0.1, 0.15) is 6.54 Å². The molecule has 0 saturated carbocycles. The standard InChI is InChI=1S/C25H28ClN2O2S/c26-24(25-28(15-6-8-18-30)22-11-3-4-12-23(22)31-25)20-13-16-27(14-5-7-17-29)21-10-2-1-9-19(20)21/h1-4,9-13,16,29-30H,5-8,14-15,17-18H2/q+1. The first-order chi connectivity index (χ1) is 15.2. The van der Waals surface area contributed by atoms with Crippen molar-refractivity contribution in [2.24, 2.45) is 0 Å². The number of pyridine rings is 1. The van der Waals surface area contributed by atoms with Gasteiger partial charge in [0.2, 0.25) is 5.52 Å². The molecule has 0 atom stereocenters. The number of para-hydroxylation sites is 2. The Hall–Kier alpha value is -2.05. The molecule has 0 amide bonds. The van der Waals surface area contributed by atoms with E-state index in [0.29, 0.717) is 0 Å². The van der Waals surface area contributed by atoms with Crippen LogP contribution in [0.25, 0.3) is 15.9 Å². The first-order valence-corrected chi connectivity index (χ1v) is 12.0. The van der Waals surface area contributed by atoms with Gasteiger partial charge >= 0.3 is 0 Å². The summed E-state index contributed by atoms with van der Waals surface area (Å²) in [6, 6.07) is 18.8. The zero-order valence-corrected chi connectivity index (χ0v) is 19.1. The summed E-state index contributed by atoms with van der Waals surface area (Å²) in [5.74, 6) is 0. The molecule has 0 spiro atoms.